The first-order valence-electron chi connectivity index (χ1n) is 18.3. The zero-order chi connectivity index (χ0) is 35.3. The molecule has 7 aromatic carbocycles. The first-order valence-corrected chi connectivity index (χ1v) is 18.3. The van der Waals surface area contributed by atoms with Crippen molar-refractivity contribution in [3.8, 4) is 22.8 Å². The average Bonchev–Trinajstić information content (AvgIpc) is 3.86. The highest BCUT2D eigenvalue weighted by atomic mass is 15.6. The average molecular weight is 682 g/mol. The molecule has 5 heteroatoms. The zero-order valence-electron chi connectivity index (χ0n) is 29.5. The van der Waals surface area contributed by atoms with Crippen LogP contribution in [0, 0.1) is 0 Å². The first kappa shape index (κ1) is 29.8. The Morgan fingerprint density at radius 3 is 1.66 bits per heavy atom. The molecule has 11 rings (SSSR count). The zero-order valence-corrected chi connectivity index (χ0v) is 29.5. The van der Waals surface area contributed by atoms with E-state index in [1.807, 2.05) is 0 Å². The van der Waals surface area contributed by atoms with Crippen LogP contribution in [-0.4, -0.2) is 18.8 Å². The van der Waals surface area contributed by atoms with Gasteiger partial charge in [-0.15, -0.1) is 0 Å². The van der Waals surface area contributed by atoms with E-state index in [9.17, 15) is 0 Å². The van der Waals surface area contributed by atoms with Gasteiger partial charge in [0.05, 0.1) is 27.9 Å². The normalized spacial score (nSPS) is 13.6. The van der Waals surface area contributed by atoms with Crippen molar-refractivity contribution < 1.29 is 0 Å². The Bertz CT molecular complexity index is 2970. The monoisotopic (exact) mass is 681 g/mol. The van der Waals surface area contributed by atoms with Gasteiger partial charge in [0, 0.05) is 38.5 Å². The summed E-state index contributed by atoms with van der Waals surface area (Å²) in [5.41, 5.74) is 13.5. The second-order valence-corrected chi connectivity index (χ2v) is 14.5. The molecule has 4 heterocycles. The lowest BCUT2D eigenvalue weighted by Gasteiger charge is -2.42. The maximum absolute atomic E-state index is 5.54. The van der Waals surface area contributed by atoms with E-state index < -0.39 is 0 Å². The number of anilines is 2. The summed E-state index contributed by atoms with van der Waals surface area (Å²) in [5.74, 6) is 0.917. The van der Waals surface area contributed by atoms with Crippen LogP contribution in [0.4, 0.5) is 11.4 Å². The predicted octanol–water partition coefficient (Wildman–Crippen LogP) is 12.0. The van der Waals surface area contributed by atoms with Crippen LogP contribution in [0.15, 0.2) is 176 Å². The molecule has 3 aromatic heterocycles. The minimum absolute atomic E-state index is 0.159. The SMILES string of the molecule is CC1(C)c2ccccc2N(n2c3ccccc3c3c4c(ccc32)c2c(nc(-c3ccccc3)n2-c2ccccc2)n4-c2ccccc2)c2ccccc21. The van der Waals surface area contributed by atoms with Crippen LogP contribution in [0.5, 0.6) is 0 Å². The van der Waals surface area contributed by atoms with Gasteiger partial charge < -0.3 is 0 Å². The molecule has 10 aromatic rings. The van der Waals surface area contributed by atoms with Crippen LogP contribution in [0.25, 0.3) is 66.6 Å². The van der Waals surface area contributed by atoms with Gasteiger partial charge in [-0.3, -0.25) is 9.13 Å². The van der Waals surface area contributed by atoms with Crippen molar-refractivity contribution in [3.63, 3.8) is 0 Å². The maximum atomic E-state index is 5.54. The second-order valence-electron chi connectivity index (χ2n) is 14.5. The Kier molecular flexibility index (Phi) is 6.23. The quantitative estimate of drug-likeness (QED) is 0.185. The van der Waals surface area contributed by atoms with Gasteiger partial charge in [0.2, 0.25) is 0 Å². The van der Waals surface area contributed by atoms with Crippen molar-refractivity contribution >= 4 is 55.2 Å². The van der Waals surface area contributed by atoms with E-state index in [-0.39, 0.29) is 5.41 Å². The molecule has 0 fully saturated rings. The summed E-state index contributed by atoms with van der Waals surface area (Å²) in [6.07, 6.45) is 0. The Balaban J connectivity index is 1.32. The Morgan fingerprint density at radius 1 is 0.453 bits per heavy atom. The summed E-state index contributed by atoms with van der Waals surface area (Å²) < 4.78 is 7.17. The van der Waals surface area contributed by atoms with Gasteiger partial charge in [0.1, 0.15) is 11.3 Å². The molecule has 0 atom stereocenters. The number of rotatable bonds is 4. The van der Waals surface area contributed by atoms with Crippen molar-refractivity contribution in [1.82, 2.24) is 18.8 Å². The van der Waals surface area contributed by atoms with Gasteiger partial charge in [-0.05, 0) is 65.7 Å². The third kappa shape index (κ3) is 4.10. The summed E-state index contributed by atoms with van der Waals surface area (Å²) in [4.78, 5) is 5.54. The molecule has 1 aliphatic rings. The number of hydrogen-bond donors (Lipinski definition) is 0. The van der Waals surface area contributed by atoms with E-state index in [4.69, 9.17) is 4.98 Å². The van der Waals surface area contributed by atoms with Crippen LogP contribution in [0.1, 0.15) is 25.0 Å². The molecule has 0 saturated carbocycles. The molecule has 0 saturated heterocycles. The number of para-hydroxylation sites is 5. The van der Waals surface area contributed by atoms with Crippen molar-refractivity contribution in [2.45, 2.75) is 19.3 Å². The minimum Gasteiger partial charge on any atom is -0.292 e. The Morgan fingerprint density at radius 2 is 1.00 bits per heavy atom. The number of nitrogens with zero attached hydrogens (tertiary/aromatic N) is 5. The summed E-state index contributed by atoms with van der Waals surface area (Å²) >= 11 is 0. The van der Waals surface area contributed by atoms with Crippen LogP contribution < -0.4 is 5.01 Å². The fraction of sp³-hybridized carbons (Fsp3) is 0.0625. The molecule has 5 nitrogen and oxygen atoms in total. The van der Waals surface area contributed by atoms with Crippen molar-refractivity contribution in [1.29, 1.82) is 0 Å². The smallest absolute Gasteiger partial charge is 0.165 e. The lowest BCUT2D eigenvalue weighted by molar-refractivity contribution is 0.618. The van der Waals surface area contributed by atoms with Gasteiger partial charge >= 0.3 is 0 Å². The molecule has 0 amide bonds. The van der Waals surface area contributed by atoms with Crippen molar-refractivity contribution in [2.24, 2.45) is 0 Å². The summed E-state index contributed by atoms with van der Waals surface area (Å²) in [5, 5.41) is 5.98. The predicted molar refractivity (Wildman–Crippen MR) is 219 cm³/mol. The fourth-order valence-corrected chi connectivity index (χ4v) is 8.87. The third-order valence-corrected chi connectivity index (χ3v) is 11.2. The third-order valence-electron chi connectivity index (χ3n) is 11.2. The fourth-order valence-electron chi connectivity index (χ4n) is 8.87. The van der Waals surface area contributed by atoms with E-state index in [1.54, 1.807) is 0 Å². The van der Waals surface area contributed by atoms with Gasteiger partial charge in [0.15, 0.2) is 5.65 Å². The van der Waals surface area contributed by atoms with E-state index >= 15 is 0 Å². The molecule has 0 unspecified atom stereocenters. The molecule has 0 radical (unpaired) electrons. The molecule has 0 spiro atoms. The minimum atomic E-state index is -0.159. The summed E-state index contributed by atoms with van der Waals surface area (Å²) in [7, 11) is 0. The molecule has 0 N–H and O–H groups in total. The van der Waals surface area contributed by atoms with E-state index in [0.717, 1.165) is 55.9 Å². The Labute approximate surface area is 307 Å². The van der Waals surface area contributed by atoms with Crippen LogP contribution in [0.2, 0.25) is 0 Å². The van der Waals surface area contributed by atoms with Gasteiger partial charge in [-0.1, -0.05) is 135 Å². The van der Waals surface area contributed by atoms with E-state index in [2.05, 4.69) is 209 Å². The molecule has 1 aliphatic heterocycles. The van der Waals surface area contributed by atoms with Crippen LogP contribution in [0.3, 0.4) is 0 Å². The maximum Gasteiger partial charge on any atom is 0.165 e. The molecular weight excluding hydrogens is 647 g/mol. The highest BCUT2D eigenvalue weighted by Crippen LogP contribution is 2.51. The number of benzene rings is 7. The highest BCUT2D eigenvalue weighted by molar-refractivity contribution is 6.25. The standard InChI is InChI=1S/C48H35N5/c1-48(2)37-25-13-16-28-40(37)53(41-29-17-14-26-38(41)48)52-39-27-15-12-24-35(39)43-42(52)31-30-36-44(43)50(33-20-8-4-9-21-33)47-45(36)51(34-22-10-5-11-23-34)46(49-47)32-18-6-3-7-19-32/h3-31H,1-2H3. The summed E-state index contributed by atoms with van der Waals surface area (Å²) in [6.45, 7) is 4.68. The topological polar surface area (TPSA) is 30.9 Å². The second kappa shape index (κ2) is 11.1. The van der Waals surface area contributed by atoms with Crippen molar-refractivity contribution in [2.75, 3.05) is 5.01 Å². The van der Waals surface area contributed by atoms with Gasteiger partial charge in [0.25, 0.3) is 0 Å². The van der Waals surface area contributed by atoms with E-state index in [1.165, 1.54) is 33.3 Å². The molecular formula is C48H35N5. The first-order chi connectivity index (χ1) is 26.1. The van der Waals surface area contributed by atoms with Gasteiger partial charge in [-0.2, -0.15) is 0 Å². The number of imidazole rings is 1. The van der Waals surface area contributed by atoms with Crippen LogP contribution >= 0.6 is 0 Å². The Hall–Kier alpha value is -6.85. The largest absolute Gasteiger partial charge is 0.292 e. The van der Waals surface area contributed by atoms with Crippen molar-refractivity contribution in [3.05, 3.63) is 187 Å². The lowest BCUT2D eigenvalue weighted by Crippen LogP contribution is -2.35. The molecule has 0 aliphatic carbocycles. The number of fused-ring (bicyclic) bond motifs is 9. The molecule has 53 heavy (non-hydrogen) atoms. The highest BCUT2D eigenvalue weighted by Gasteiger charge is 2.38. The number of hydrogen-bond acceptors (Lipinski definition) is 2. The van der Waals surface area contributed by atoms with E-state index in [0.29, 0.717) is 0 Å². The summed E-state index contributed by atoms with van der Waals surface area (Å²) in [6, 6.07) is 63.1. The lowest BCUT2D eigenvalue weighted by atomic mass is 9.74. The molecule has 252 valence electrons. The van der Waals surface area contributed by atoms with Gasteiger partial charge in [-0.25, -0.2) is 14.7 Å². The number of aromatic nitrogens is 4. The molecule has 0 bridgehead atoms. The van der Waals surface area contributed by atoms with Crippen LogP contribution in [-0.2, 0) is 5.41 Å².